The van der Waals surface area contributed by atoms with Crippen molar-refractivity contribution in [3.8, 4) is 0 Å². The number of para-hydroxylation sites is 2. The molecule has 1 saturated heterocycles. The summed E-state index contributed by atoms with van der Waals surface area (Å²) in [6.45, 7) is 2.11. The average Bonchev–Trinajstić information content (AvgIpc) is 3.04. The van der Waals surface area contributed by atoms with Gasteiger partial charge in [0.25, 0.3) is 0 Å². The van der Waals surface area contributed by atoms with Crippen molar-refractivity contribution in [1.82, 2.24) is 14.7 Å². The number of carbonyl (C=O) groups is 1. The molecule has 1 aliphatic rings. The van der Waals surface area contributed by atoms with Gasteiger partial charge in [-0.15, -0.1) is 0 Å². The summed E-state index contributed by atoms with van der Waals surface area (Å²) in [5, 5.41) is 4.14. The topological polar surface area (TPSA) is 67.4 Å². The van der Waals surface area contributed by atoms with Gasteiger partial charge in [0.1, 0.15) is 0 Å². The summed E-state index contributed by atoms with van der Waals surface area (Å²) in [4.78, 5) is 16.1. The zero-order valence-corrected chi connectivity index (χ0v) is 12.1. The largest absolute Gasteiger partial charge is 0.397 e. The molecule has 2 aromatic rings. The van der Waals surface area contributed by atoms with Crippen LogP contribution in [0.2, 0.25) is 0 Å². The van der Waals surface area contributed by atoms with Gasteiger partial charge in [0, 0.05) is 32.9 Å². The first kappa shape index (κ1) is 13.5. The Kier molecular flexibility index (Phi) is 3.51. The fourth-order valence-electron chi connectivity index (χ4n) is 2.61. The summed E-state index contributed by atoms with van der Waals surface area (Å²) in [7, 11) is 1.89. The van der Waals surface area contributed by atoms with E-state index in [-0.39, 0.29) is 6.03 Å². The van der Waals surface area contributed by atoms with E-state index in [4.69, 9.17) is 5.73 Å². The number of rotatable bonds is 4. The summed E-state index contributed by atoms with van der Waals surface area (Å²) in [6, 6.07) is 7.51. The van der Waals surface area contributed by atoms with Crippen molar-refractivity contribution in [2.75, 3.05) is 30.3 Å². The van der Waals surface area contributed by atoms with Crippen molar-refractivity contribution in [1.29, 1.82) is 0 Å². The van der Waals surface area contributed by atoms with Crippen LogP contribution in [0, 0.1) is 0 Å². The van der Waals surface area contributed by atoms with Crippen LogP contribution in [0.4, 0.5) is 16.2 Å². The fourth-order valence-corrected chi connectivity index (χ4v) is 2.61. The van der Waals surface area contributed by atoms with E-state index < -0.39 is 0 Å². The van der Waals surface area contributed by atoms with Gasteiger partial charge in [-0.1, -0.05) is 12.1 Å². The van der Waals surface area contributed by atoms with Crippen molar-refractivity contribution in [3.05, 3.63) is 42.2 Å². The molecule has 1 fully saturated rings. The highest BCUT2D eigenvalue weighted by molar-refractivity contribution is 5.97. The Morgan fingerprint density at radius 1 is 1.29 bits per heavy atom. The van der Waals surface area contributed by atoms with E-state index >= 15 is 0 Å². The maximum absolute atomic E-state index is 12.5. The number of hydrogen-bond acceptors (Lipinski definition) is 3. The van der Waals surface area contributed by atoms with Crippen LogP contribution in [0.1, 0.15) is 5.56 Å². The number of hydrogen-bond donors (Lipinski definition) is 1. The Hall–Kier alpha value is -2.50. The predicted octanol–water partition coefficient (Wildman–Crippen LogP) is 1.49. The van der Waals surface area contributed by atoms with Crippen LogP contribution in [-0.4, -0.2) is 40.3 Å². The van der Waals surface area contributed by atoms with Crippen LogP contribution in [0.15, 0.2) is 36.7 Å². The van der Waals surface area contributed by atoms with Gasteiger partial charge in [-0.25, -0.2) is 4.79 Å². The second-order valence-electron chi connectivity index (χ2n) is 5.25. The van der Waals surface area contributed by atoms with E-state index in [0.29, 0.717) is 18.8 Å². The number of carbonyl (C=O) groups excluding carboxylic acids is 1. The van der Waals surface area contributed by atoms with E-state index in [1.54, 1.807) is 9.58 Å². The lowest BCUT2D eigenvalue weighted by Crippen LogP contribution is -2.33. The zero-order valence-electron chi connectivity index (χ0n) is 12.1. The quantitative estimate of drug-likeness (QED) is 0.865. The Morgan fingerprint density at radius 3 is 2.81 bits per heavy atom. The van der Waals surface area contributed by atoms with E-state index in [9.17, 15) is 4.79 Å². The van der Waals surface area contributed by atoms with Gasteiger partial charge in [0.05, 0.1) is 17.6 Å². The second kappa shape index (κ2) is 5.47. The fraction of sp³-hybridized carbons (Fsp3) is 0.333. The first-order chi connectivity index (χ1) is 10.1. The highest BCUT2D eigenvalue weighted by atomic mass is 16.2. The van der Waals surface area contributed by atoms with Gasteiger partial charge < -0.3 is 10.6 Å². The van der Waals surface area contributed by atoms with Crippen LogP contribution in [-0.2, 0) is 13.5 Å². The Bertz CT molecular complexity index is 651. The lowest BCUT2D eigenvalue weighted by Gasteiger charge is -2.19. The van der Waals surface area contributed by atoms with Gasteiger partial charge in [-0.2, -0.15) is 5.10 Å². The van der Waals surface area contributed by atoms with Crippen LogP contribution < -0.4 is 10.6 Å². The van der Waals surface area contributed by atoms with E-state index in [1.165, 1.54) is 0 Å². The number of nitrogen functional groups attached to an aromatic ring is 1. The van der Waals surface area contributed by atoms with Gasteiger partial charge in [0.15, 0.2) is 0 Å². The maximum Gasteiger partial charge on any atom is 0.324 e. The highest BCUT2D eigenvalue weighted by Gasteiger charge is 2.30. The second-order valence-corrected chi connectivity index (χ2v) is 5.25. The van der Waals surface area contributed by atoms with Crippen molar-refractivity contribution in [2.45, 2.75) is 6.42 Å². The van der Waals surface area contributed by atoms with E-state index in [0.717, 1.165) is 24.2 Å². The molecule has 3 rings (SSSR count). The number of benzene rings is 1. The Balaban J connectivity index is 1.65. The van der Waals surface area contributed by atoms with Crippen molar-refractivity contribution < 1.29 is 4.79 Å². The smallest absolute Gasteiger partial charge is 0.324 e. The van der Waals surface area contributed by atoms with E-state index in [1.807, 2.05) is 48.6 Å². The first-order valence-electron chi connectivity index (χ1n) is 7.03. The van der Waals surface area contributed by atoms with Gasteiger partial charge >= 0.3 is 6.03 Å². The molecular formula is C15H19N5O. The normalized spacial score (nSPS) is 15.0. The summed E-state index contributed by atoms with van der Waals surface area (Å²) >= 11 is 0. The SMILES string of the molecule is Cn1cc(CCN2CCN(c3ccccc3N)C2=O)cn1. The Labute approximate surface area is 123 Å². The summed E-state index contributed by atoms with van der Waals surface area (Å²) < 4.78 is 1.78. The van der Waals surface area contributed by atoms with Gasteiger partial charge in [-0.3, -0.25) is 9.58 Å². The predicted molar refractivity (Wildman–Crippen MR) is 82.1 cm³/mol. The molecule has 1 aliphatic heterocycles. The molecule has 1 aromatic heterocycles. The molecule has 0 spiro atoms. The summed E-state index contributed by atoms with van der Waals surface area (Å²) in [5.74, 6) is 0. The Morgan fingerprint density at radius 2 is 2.10 bits per heavy atom. The molecule has 0 atom stereocenters. The number of nitrogens with zero attached hydrogens (tertiary/aromatic N) is 4. The number of urea groups is 1. The minimum absolute atomic E-state index is 0.0248. The minimum Gasteiger partial charge on any atom is -0.397 e. The third-order valence-electron chi connectivity index (χ3n) is 3.75. The van der Waals surface area contributed by atoms with Crippen molar-refractivity contribution in [3.63, 3.8) is 0 Å². The summed E-state index contributed by atoms with van der Waals surface area (Å²) in [6.07, 6.45) is 4.64. The summed E-state index contributed by atoms with van der Waals surface area (Å²) in [5.41, 5.74) is 8.53. The van der Waals surface area contributed by atoms with Crippen molar-refractivity contribution >= 4 is 17.4 Å². The molecule has 1 aromatic carbocycles. The minimum atomic E-state index is 0.0248. The number of aromatic nitrogens is 2. The lowest BCUT2D eigenvalue weighted by atomic mass is 10.2. The van der Waals surface area contributed by atoms with Crippen LogP contribution in [0.25, 0.3) is 0 Å². The third kappa shape index (κ3) is 2.69. The molecule has 0 aliphatic carbocycles. The number of aryl methyl sites for hydroxylation is 1. The average molecular weight is 285 g/mol. The lowest BCUT2D eigenvalue weighted by molar-refractivity contribution is 0.221. The standard InChI is InChI=1S/C15H19N5O/c1-18-11-12(10-17-18)6-7-19-8-9-20(15(19)21)14-5-3-2-4-13(14)16/h2-5,10-11H,6-9,16H2,1H3. The molecule has 21 heavy (non-hydrogen) atoms. The molecule has 110 valence electrons. The first-order valence-corrected chi connectivity index (χ1v) is 7.03. The van der Waals surface area contributed by atoms with Crippen LogP contribution in [0.5, 0.6) is 0 Å². The molecule has 0 saturated carbocycles. The number of amides is 2. The highest BCUT2D eigenvalue weighted by Crippen LogP contribution is 2.26. The molecule has 2 N–H and O–H groups in total. The molecule has 6 heteroatoms. The number of nitrogens with two attached hydrogens (primary N) is 1. The van der Waals surface area contributed by atoms with Crippen LogP contribution in [0.3, 0.4) is 0 Å². The third-order valence-corrected chi connectivity index (χ3v) is 3.75. The van der Waals surface area contributed by atoms with Gasteiger partial charge in [0.2, 0.25) is 0 Å². The molecule has 0 unspecified atom stereocenters. The number of anilines is 2. The van der Waals surface area contributed by atoms with Crippen LogP contribution >= 0.6 is 0 Å². The molecule has 2 amide bonds. The van der Waals surface area contributed by atoms with Gasteiger partial charge in [-0.05, 0) is 24.1 Å². The molecule has 0 bridgehead atoms. The maximum atomic E-state index is 12.5. The molecule has 6 nitrogen and oxygen atoms in total. The zero-order chi connectivity index (χ0) is 14.8. The molecular weight excluding hydrogens is 266 g/mol. The monoisotopic (exact) mass is 285 g/mol. The molecule has 0 radical (unpaired) electrons. The molecule has 2 heterocycles. The van der Waals surface area contributed by atoms with E-state index in [2.05, 4.69) is 5.10 Å². The van der Waals surface area contributed by atoms with Crippen molar-refractivity contribution in [2.24, 2.45) is 7.05 Å².